The van der Waals surface area contributed by atoms with Crippen molar-refractivity contribution >= 4 is 11.6 Å². The first-order valence-corrected chi connectivity index (χ1v) is 9.34. The minimum atomic E-state index is -0.378. The van der Waals surface area contributed by atoms with Gasteiger partial charge in [0.25, 0.3) is 5.56 Å². The van der Waals surface area contributed by atoms with E-state index in [1.54, 1.807) is 18.2 Å². The van der Waals surface area contributed by atoms with Gasteiger partial charge in [-0.3, -0.25) is 9.69 Å². The van der Waals surface area contributed by atoms with E-state index in [1.165, 1.54) is 13.2 Å². The Morgan fingerprint density at radius 1 is 1.25 bits per heavy atom. The van der Waals surface area contributed by atoms with Crippen molar-refractivity contribution in [3.8, 4) is 17.1 Å². The molecule has 2 heterocycles. The van der Waals surface area contributed by atoms with Crippen molar-refractivity contribution < 1.29 is 9.13 Å². The number of halogens is 2. The zero-order chi connectivity index (χ0) is 19.7. The summed E-state index contributed by atoms with van der Waals surface area (Å²) in [6, 6.07) is 12.1. The predicted molar refractivity (Wildman–Crippen MR) is 106 cm³/mol. The molecule has 144 valence electrons. The van der Waals surface area contributed by atoms with Gasteiger partial charge in [-0.15, -0.1) is 0 Å². The van der Waals surface area contributed by atoms with E-state index >= 15 is 0 Å². The Bertz CT molecular complexity index is 1070. The van der Waals surface area contributed by atoms with Crippen molar-refractivity contribution in [3.63, 3.8) is 0 Å². The molecule has 1 aliphatic rings. The number of aromatic amines is 1. The number of nitrogens with zero attached hydrogens (tertiary/aromatic N) is 2. The molecule has 28 heavy (non-hydrogen) atoms. The standard InChI is InChI=1S/C21H19ClFN3O2/c1-28-19-7-2-13(10-17(19)23)11-26-9-8-16-18(12-26)24-20(25-21(16)27)14-3-5-15(22)6-4-14/h2-7,10H,8-9,11-12H2,1H3,(H,24,25,27). The monoisotopic (exact) mass is 399 g/mol. The third-order valence-electron chi connectivity index (χ3n) is 4.89. The summed E-state index contributed by atoms with van der Waals surface area (Å²) in [7, 11) is 1.45. The number of rotatable bonds is 4. The van der Waals surface area contributed by atoms with E-state index in [0.717, 1.165) is 22.4 Å². The molecule has 3 aromatic rings. The van der Waals surface area contributed by atoms with Crippen LogP contribution >= 0.6 is 11.6 Å². The molecule has 0 aliphatic carbocycles. The molecular formula is C21H19ClFN3O2. The summed E-state index contributed by atoms with van der Waals surface area (Å²) in [5, 5.41) is 0.627. The number of benzene rings is 2. The SMILES string of the molecule is COc1ccc(CN2CCc3c(nc(-c4ccc(Cl)cc4)[nH]c3=O)C2)cc1F. The fourth-order valence-corrected chi connectivity index (χ4v) is 3.57. The van der Waals surface area contributed by atoms with Crippen LogP contribution in [-0.2, 0) is 19.5 Å². The number of methoxy groups -OCH3 is 1. The molecule has 2 aromatic carbocycles. The fraction of sp³-hybridized carbons (Fsp3) is 0.238. The van der Waals surface area contributed by atoms with Crippen molar-refractivity contribution in [2.45, 2.75) is 19.5 Å². The molecule has 1 aromatic heterocycles. The summed E-state index contributed by atoms with van der Waals surface area (Å²) in [5.41, 5.74) is 3.03. The summed E-state index contributed by atoms with van der Waals surface area (Å²) in [5.74, 6) is 0.378. The second kappa shape index (κ2) is 7.73. The second-order valence-electron chi connectivity index (χ2n) is 6.78. The van der Waals surface area contributed by atoms with Crippen LogP contribution in [0.5, 0.6) is 5.75 Å². The summed E-state index contributed by atoms with van der Waals surface area (Å²) >= 11 is 5.94. The Labute approximate surface area is 166 Å². The number of ether oxygens (including phenoxy) is 1. The molecular weight excluding hydrogens is 381 g/mol. The highest BCUT2D eigenvalue weighted by molar-refractivity contribution is 6.30. The molecule has 0 fully saturated rings. The highest BCUT2D eigenvalue weighted by Crippen LogP contribution is 2.23. The number of nitrogens with one attached hydrogen (secondary N) is 1. The average Bonchev–Trinajstić information content (AvgIpc) is 2.68. The molecule has 0 spiro atoms. The Balaban J connectivity index is 1.58. The van der Waals surface area contributed by atoms with Crippen LogP contribution in [0.2, 0.25) is 5.02 Å². The molecule has 0 atom stereocenters. The summed E-state index contributed by atoms with van der Waals surface area (Å²) < 4.78 is 18.9. The Morgan fingerprint density at radius 3 is 2.75 bits per heavy atom. The van der Waals surface area contributed by atoms with E-state index in [1.807, 2.05) is 18.2 Å². The molecule has 0 amide bonds. The zero-order valence-electron chi connectivity index (χ0n) is 15.3. The van der Waals surface area contributed by atoms with Crippen LogP contribution in [0.4, 0.5) is 4.39 Å². The average molecular weight is 400 g/mol. The third-order valence-corrected chi connectivity index (χ3v) is 5.14. The molecule has 4 rings (SSSR count). The quantitative estimate of drug-likeness (QED) is 0.725. The van der Waals surface area contributed by atoms with E-state index in [-0.39, 0.29) is 17.1 Å². The van der Waals surface area contributed by atoms with Crippen molar-refractivity contribution in [2.24, 2.45) is 0 Å². The fourth-order valence-electron chi connectivity index (χ4n) is 3.44. The highest BCUT2D eigenvalue weighted by atomic mass is 35.5. The number of fused-ring (bicyclic) bond motifs is 1. The molecule has 0 bridgehead atoms. The van der Waals surface area contributed by atoms with E-state index < -0.39 is 0 Å². The van der Waals surface area contributed by atoms with Crippen LogP contribution in [0.3, 0.4) is 0 Å². The number of H-pyrrole nitrogens is 1. The topological polar surface area (TPSA) is 58.2 Å². The molecule has 0 unspecified atom stereocenters. The first-order chi connectivity index (χ1) is 13.5. The first-order valence-electron chi connectivity index (χ1n) is 8.96. The van der Waals surface area contributed by atoms with Crippen molar-refractivity contribution in [2.75, 3.05) is 13.7 Å². The van der Waals surface area contributed by atoms with Crippen LogP contribution in [-0.4, -0.2) is 28.5 Å². The molecule has 0 radical (unpaired) electrons. The van der Waals surface area contributed by atoms with E-state index in [2.05, 4.69) is 14.9 Å². The molecule has 1 aliphatic heterocycles. The van der Waals surface area contributed by atoms with Gasteiger partial charge in [-0.05, 0) is 48.4 Å². The number of aromatic nitrogens is 2. The van der Waals surface area contributed by atoms with Gasteiger partial charge in [0.1, 0.15) is 5.82 Å². The van der Waals surface area contributed by atoms with Gasteiger partial charge < -0.3 is 9.72 Å². The lowest BCUT2D eigenvalue weighted by Gasteiger charge is -2.27. The van der Waals surface area contributed by atoms with Gasteiger partial charge in [0.15, 0.2) is 11.6 Å². The Morgan fingerprint density at radius 2 is 2.04 bits per heavy atom. The van der Waals surface area contributed by atoms with Crippen LogP contribution in [0.25, 0.3) is 11.4 Å². The van der Waals surface area contributed by atoms with Crippen LogP contribution in [0, 0.1) is 5.82 Å². The van der Waals surface area contributed by atoms with Gasteiger partial charge in [0.2, 0.25) is 0 Å². The zero-order valence-corrected chi connectivity index (χ0v) is 16.1. The van der Waals surface area contributed by atoms with Gasteiger partial charge in [-0.25, -0.2) is 9.37 Å². The molecule has 0 saturated heterocycles. The lowest BCUT2D eigenvalue weighted by molar-refractivity contribution is 0.240. The van der Waals surface area contributed by atoms with Crippen molar-refractivity contribution in [3.05, 3.63) is 80.5 Å². The van der Waals surface area contributed by atoms with Gasteiger partial charge in [-0.2, -0.15) is 0 Å². The molecule has 5 nitrogen and oxygen atoms in total. The Kier molecular flexibility index (Phi) is 5.15. The largest absolute Gasteiger partial charge is 0.494 e. The third kappa shape index (κ3) is 3.79. The minimum absolute atomic E-state index is 0.106. The molecule has 0 saturated carbocycles. The van der Waals surface area contributed by atoms with Gasteiger partial charge in [-0.1, -0.05) is 17.7 Å². The Hall–Kier alpha value is -2.70. The summed E-state index contributed by atoms with van der Waals surface area (Å²) in [6.07, 6.45) is 0.608. The lowest BCUT2D eigenvalue weighted by atomic mass is 10.0. The molecule has 1 N–H and O–H groups in total. The van der Waals surface area contributed by atoms with E-state index in [0.29, 0.717) is 36.9 Å². The predicted octanol–water partition coefficient (Wildman–Crippen LogP) is 3.80. The lowest BCUT2D eigenvalue weighted by Crippen LogP contribution is -2.35. The molecule has 7 heteroatoms. The van der Waals surface area contributed by atoms with Crippen LogP contribution in [0.1, 0.15) is 16.8 Å². The van der Waals surface area contributed by atoms with Crippen LogP contribution in [0.15, 0.2) is 47.3 Å². The number of hydrogen-bond acceptors (Lipinski definition) is 4. The van der Waals surface area contributed by atoms with Crippen molar-refractivity contribution in [1.29, 1.82) is 0 Å². The van der Waals surface area contributed by atoms with Gasteiger partial charge >= 0.3 is 0 Å². The normalized spacial score (nSPS) is 14.0. The maximum Gasteiger partial charge on any atom is 0.254 e. The maximum absolute atomic E-state index is 14.0. The minimum Gasteiger partial charge on any atom is -0.494 e. The first kappa shape index (κ1) is 18.7. The summed E-state index contributed by atoms with van der Waals surface area (Å²) in [4.78, 5) is 22.2. The number of hydrogen-bond donors (Lipinski definition) is 1. The summed E-state index contributed by atoms with van der Waals surface area (Å²) in [6.45, 7) is 1.82. The van der Waals surface area contributed by atoms with Gasteiger partial charge in [0.05, 0.1) is 12.8 Å². The van der Waals surface area contributed by atoms with E-state index in [9.17, 15) is 9.18 Å². The second-order valence-corrected chi connectivity index (χ2v) is 7.21. The van der Waals surface area contributed by atoms with Crippen molar-refractivity contribution in [1.82, 2.24) is 14.9 Å². The smallest absolute Gasteiger partial charge is 0.254 e. The van der Waals surface area contributed by atoms with Gasteiger partial charge in [0, 0.05) is 35.8 Å². The van der Waals surface area contributed by atoms with Crippen LogP contribution < -0.4 is 10.3 Å². The highest BCUT2D eigenvalue weighted by Gasteiger charge is 2.22. The van der Waals surface area contributed by atoms with E-state index in [4.69, 9.17) is 16.3 Å². The maximum atomic E-state index is 14.0.